The number of ether oxygens (including phenoxy) is 1. The van der Waals surface area contributed by atoms with Crippen LogP contribution in [-0.2, 0) is 18.2 Å². The zero-order valence-electron chi connectivity index (χ0n) is 9.36. The van der Waals surface area contributed by atoms with Crippen LogP contribution >= 0.6 is 0 Å². The molecule has 0 saturated carbocycles. The Labute approximate surface area is 93.6 Å². The minimum absolute atomic E-state index is 0.0224. The Balaban J connectivity index is 2.39. The second-order valence-corrected chi connectivity index (χ2v) is 4.32. The summed E-state index contributed by atoms with van der Waals surface area (Å²) in [5.74, 6) is -0.201. The van der Waals surface area contributed by atoms with Crippen molar-refractivity contribution in [3.05, 3.63) is 35.5 Å². The second kappa shape index (κ2) is 3.11. The van der Waals surface area contributed by atoms with Gasteiger partial charge in [-0.3, -0.25) is 0 Å². The van der Waals surface area contributed by atoms with Crippen LogP contribution in [0.3, 0.4) is 0 Å². The van der Waals surface area contributed by atoms with E-state index in [1.807, 2.05) is 36.7 Å². The minimum Gasteiger partial charge on any atom is -0.458 e. The number of hydrogen-bond acceptors (Lipinski definition) is 2. The molecule has 3 rings (SSSR count). The number of benzene rings is 1. The van der Waals surface area contributed by atoms with E-state index in [-0.39, 0.29) is 12.1 Å². The molecular formula is C13H13NO2. The number of esters is 1. The molecule has 1 atom stereocenters. The standard InChI is InChI=1S/C13H13NO2/c1-8-7-10-9-5-3-4-6-11(9)14(2)12(10)13(15)16-8/h3-6,8H,7H2,1-2H3/t8-/m1/s1. The van der Waals surface area contributed by atoms with Crippen LogP contribution in [0.4, 0.5) is 0 Å². The predicted octanol–water partition coefficient (Wildman–Crippen LogP) is 2.28. The van der Waals surface area contributed by atoms with Crippen LogP contribution in [0.25, 0.3) is 10.9 Å². The van der Waals surface area contributed by atoms with Gasteiger partial charge in [0.05, 0.1) is 0 Å². The molecule has 3 nitrogen and oxygen atoms in total. The Morgan fingerprint density at radius 2 is 2.12 bits per heavy atom. The first-order valence-corrected chi connectivity index (χ1v) is 5.45. The number of carbonyl (C=O) groups is 1. The van der Waals surface area contributed by atoms with Crippen molar-refractivity contribution < 1.29 is 9.53 Å². The van der Waals surface area contributed by atoms with E-state index < -0.39 is 0 Å². The van der Waals surface area contributed by atoms with Crippen LogP contribution in [0.2, 0.25) is 0 Å². The van der Waals surface area contributed by atoms with Crippen molar-refractivity contribution in [1.29, 1.82) is 0 Å². The number of fused-ring (bicyclic) bond motifs is 3. The van der Waals surface area contributed by atoms with Gasteiger partial charge in [0.1, 0.15) is 11.8 Å². The van der Waals surface area contributed by atoms with Gasteiger partial charge in [0, 0.05) is 24.4 Å². The lowest BCUT2D eigenvalue weighted by molar-refractivity contribution is 0.0290. The fourth-order valence-corrected chi connectivity index (χ4v) is 2.51. The van der Waals surface area contributed by atoms with Gasteiger partial charge in [0.15, 0.2) is 0 Å². The van der Waals surface area contributed by atoms with Crippen LogP contribution in [0.5, 0.6) is 0 Å². The first kappa shape index (κ1) is 9.46. The van der Waals surface area contributed by atoms with Crippen molar-refractivity contribution in [2.45, 2.75) is 19.4 Å². The highest BCUT2D eigenvalue weighted by Crippen LogP contribution is 2.30. The van der Waals surface area contributed by atoms with Crippen molar-refractivity contribution in [3.8, 4) is 0 Å². The number of para-hydroxylation sites is 1. The number of hydrogen-bond donors (Lipinski definition) is 0. The third kappa shape index (κ3) is 1.11. The molecule has 0 amide bonds. The van der Waals surface area contributed by atoms with Crippen molar-refractivity contribution in [1.82, 2.24) is 4.57 Å². The van der Waals surface area contributed by atoms with Crippen molar-refractivity contribution in [2.75, 3.05) is 0 Å². The Hall–Kier alpha value is -1.77. The molecule has 0 unspecified atom stereocenters. The summed E-state index contributed by atoms with van der Waals surface area (Å²) >= 11 is 0. The van der Waals surface area contributed by atoms with Crippen LogP contribution < -0.4 is 0 Å². The smallest absolute Gasteiger partial charge is 0.355 e. The Morgan fingerprint density at radius 3 is 2.94 bits per heavy atom. The summed E-state index contributed by atoms with van der Waals surface area (Å²) in [5.41, 5.74) is 2.93. The lowest BCUT2D eigenvalue weighted by Crippen LogP contribution is -2.26. The maximum atomic E-state index is 11.8. The van der Waals surface area contributed by atoms with Gasteiger partial charge >= 0.3 is 5.97 Å². The van der Waals surface area contributed by atoms with E-state index in [0.29, 0.717) is 5.69 Å². The minimum atomic E-state index is -0.201. The predicted molar refractivity (Wildman–Crippen MR) is 61.5 cm³/mol. The largest absolute Gasteiger partial charge is 0.458 e. The normalized spacial score (nSPS) is 19.6. The van der Waals surface area contributed by atoms with Gasteiger partial charge in [-0.05, 0) is 18.6 Å². The van der Waals surface area contributed by atoms with Crippen LogP contribution in [0.15, 0.2) is 24.3 Å². The number of nitrogens with zero attached hydrogens (tertiary/aromatic N) is 1. The van der Waals surface area contributed by atoms with Crippen LogP contribution in [0.1, 0.15) is 23.0 Å². The lowest BCUT2D eigenvalue weighted by atomic mass is 10.0. The molecule has 1 aliphatic heterocycles. The second-order valence-electron chi connectivity index (χ2n) is 4.32. The molecule has 1 aromatic heterocycles. The van der Waals surface area contributed by atoms with Gasteiger partial charge in [-0.25, -0.2) is 4.79 Å². The van der Waals surface area contributed by atoms with Gasteiger partial charge in [-0.1, -0.05) is 18.2 Å². The van der Waals surface area contributed by atoms with Gasteiger partial charge in [0.25, 0.3) is 0 Å². The maximum absolute atomic E-state index is 11.8. The average Bonchev–Trinajstić information content (AvgIpc) is 2.54. The first-order valence-electron chi connectivity index (χ1n) is 5.45. The first-order chi connectivity index (χ1) is 7.68. The monoisotopic (exact) mass is 215 g/mol. The highest BCUT2D eigenvalue weighted by atomic mass is 16.5. The molecule has 3 heteroatoms. The molecule has 0 radical (unpaired) electrons. The number of aryl methyl sites for hydroxylation is 1. The highest BCUT2D eigenvalue weighted by Gasteiger charge is 2.29. The zero-order chi connectivity index (χ0) is 11.3. The van der Waals surface area contributed by atoms with E-state index in [1.165, 1.54) is 5.39 Å². The molecule has 1 aromatic carbocycles. The molecule has 82 valence electrons. The molecule has 2 aromatic rings. The Bertz CT molecular complexity index is 583. The summed E-state index contributed by atoms with van der Waals surface area (Å²) in [6.45, 7) is 1.93. The van der Waals surface area contributed by atoms with E-state index in [9.17, 15) is 4.79 Å². The summed E-state index contributed by atoms with van der Waals surface area (Å²) < 4.78 is 7.19. The zero-order valence-corrected chi connectivity index (χ0v) is 9.36. The third-order valence-corrected chi connectivity index (χ3v) is 3.20. The molecule has 0 spiro atoms. The quantitative estimate of drug-likeness (QED) is 0.631. The van der Waals surface area contributed by atoms with Gasteiger partial charge in [0.2, 0.25) is 0 Å². The van der Waals surface area contributed by atoms with Crippen LogP contribution in [-0.4, -0.2) is 16.6 Å². The Kier molecular flexibility index (Phi) is 1.84. The summed E-state index contributed by atoms with van der Waals surface area (Å²) in [4.78, 5) is 11.8. The summed E-state index contributed by atoms with van der Waals surface area (Å²) in [5, 5.41) is 1.17. The van der Waals surface area contributed by atoms with E-state index in [4.69, 9.17) is 4.74 Å². The molecule has 0 aliphatic carbocycles. The van der Waals surface area contributed by atoms with Crippen molar-refractivity contribution in [2.24, 2.45) is 7.05 Å². The third-order valence-electron chi connectivity index (χ3n) is 3.20. The lowest BCUT2D eigenvalue weighted by Gasteiger charge is -2.19. The fraction of sp³-hybridized carbons (Fsp3) is 0.308. The van der Waals surface area contributed by atoms with E-state index in [1.54, 1.807) is 0 Å². The molecule has 16 heavy (non-hydrogen) atoms. The number of carbonyl (C=O) groups excluding carboxylic acids is 1. The van der Waals surface area contributed by atoms with E-state index >= 15 is 0 Å². The highest BCUT2D eigenvalue weighted by molar-refractivity contribution is 6.00. The average molecular weight is 215 g/mol. The number of aromatic nitrogens is 1. The molecule has 0 saturated heterocycles. The molecular weight excluding hydrogens is 202 g/mol. The van der Waals surface area contributed by atoms with Gasteiger partial charge in [-0.2, -0.15) is 0 Å². The van der Waals surface area contributed by atoms with E-state index in [0.717, 1.165) is 17.5 Å². The van der Waals surface area contributed by atoms with Gasteiger partial charge < -0.3 is 9.30 Å². The summed E-state index contributed by atoms with van der Waals surface area (Å²) in [7, 11) is 1.92. The SMILES string of the molecule is C[C@@H]1Cc2c(n(C)c3ccccc23)C(=O)O1. The van der Waals surface area contributed by atoms with Gasteiger partial charge in [-0.15, -0.1) is 0 Å². The number of cyclic esters (lactones) is 1. The maximum Gasteiger partial charge on any atom is 0.355 e. The van der Waals surface area contributed by atoms with Crippen LogP contribution in [0, 0.1) is 0 Å². The summed E-state index contributed by atoms with van der Waals surface area (Å²) in [6, 6.07) is 8.10. The topological polar surface area (TPSA) is 31.2 Å². The molecule has 0 N–H and O–H groups in total. The molecule has 1 aliphatic rings. The molecule has 0 fully saturated rings. The molecule has 0 bridgehead atoms. The van der Waals surface area contributed by atoms with Crippen molar-refractivity contribution >= 4 is 16.9 Å². The fourth-order valence-electron chi connectivity index (χ4n) is 2.51. The van der Waals surface area contributed by atoms with E-state index in [2.05, 4.69) is 6.07 Å². The van der Waals surface area contributed by atoms with Crippen molar-refractivity contribution in [3.63, 3.8) is 0 Å². The summed E-state index contributed by atoms with van der Waals surface area (Å²) in [6.07, 6.45) is 0.786. The number of rotatable bonds is 0. The molecule has 2 heterocycles. The Morgan fingerprint density at radius 1 is 1.38 bits per heavy atom.